The van der Waals surface area contributed by atoms with E-state index in [-0.39, 0.29) is 19.0 Å². The summed E-state index contributed by atoms with van der Waals surface area (Å²) in [5.41, 5.74) is 1.45. The Balaban J connectivity index is 0.00000451. The van der Waals surface area contributed by atoms with Crippen LogP contribution >= 0.6 is 24.2 Å². The van der Waals surface area contributed by atoms with Gasteiger partial charge in [0, 0.05) is 42.5 Å². The molecule has 1 aromatic heterocycles. The van der Waals surface area contributed by atoms with E-state index < -0.39 is 60.7 Å². The normalized spacial score (nSPS) is 18.4. The van der Waals surface area contributed by atoms with Crippen molar-refractivity contribution in [3.8, 4) is 5.75 Å². The highest BCUT2D eigenvalue weighted by Gasteiger charge is 2.48. The molecule has 0 bridgehead atoms. The van der Waals surface area contributed by atoms with E-state index in [1.54, 1.807) is 16.8 Å². The number of fused-ring (bicyclic) bond motifs is 3. The van der Waals surface area contributed by atoms with Gasteiger partial charge in [0.1, 0.15) is 19.3 Å². The van der Waals surface area contributed by atoms with Crippen molar-refractivity contribution in [1.29, 1.82) is 0 Å². The van der Waals surface area contributed by atoms with Crippen LogP contribution in [0.15, 0.2) is 70.5 Å². The zero-order valence-electron chi connectivity index (χ0n) is 25.9. The highest BCUT2D eigenvalue weighted by atomic mass is 35.5. The van der Waals surface area contributed by atoms with E-state index in [0.717, 1.165) is 34.6 Å². The molecule has 16 heteroatoms. The first-order valence-electron chi connectivity index (χ1n) is 15.1. The van der Waals surface area contributed by atoms with Crippen molar-refractivity contribution in [2.45, 2.75) is 35.8 Å². The van der Waals surface area contributed by atoms with Crippen LogP contribution in [0.3, 0.4) is 0 Å². The van der Waals surface area contributed by atoms with Gasteiger partial charge in [-0.15, -0.1) is 24.2 Å². The van der Waals surface area contributed by atoms with Gasteiger partial charge in [-0.05, 0) is 29.7 Å². The molecule has 0 aliphatic carbocycles. The maximum Gasteiger partial charge on any atom is 0.511 e. The van der Waals surface area contributed by atoms with Crippen LogP contribution in [0.1, 0.15) is 40.1 Å². The molecule has 1 amide bonds. The number of hydrogen-bond donors (Lipinski definition) is 0. The van der Waals surface area contributed by atoms with Gasteiger partial charge in [-0.1, -0.05) is 42.5 Å². The number of thioether (sulfide) groups is 1. The molecule has 11 nitrogen and oxygen atoms in total. The maximum absolute atomic E-state index is 14.2. The molecule has 4 heterocycles. The van der Waals surface area contributed by atoms with Gasteiger partial charge in [0.25, 0.3) is 5.91 Å². The molecule has 258 valence electrons. The molecule has 2 atom stereocenters. The van der Waals surface area contributed by atoms with Crippen LogP contribution in [0.5, 0.6) is 5.75 Å². The van der Waals surface area contributed by atoms with E-state index in [1.807, 2.05) is 48.5 Å². The van der Waals surface area contributed by atoms with Crippen molar-refractivity contribution in [3.05, 3.63) is 93.4 Å². The van der Waals surface area contributed by atoms with Crippen molar-refractivity contribution in [3.63, 3.8) is 0 Å². The minimum atomic E-state index is -4.76. The average Bonchev–Trinajstić information content (AvgIpc) is 3.23. The van der Waals surface area contributed by atoms with Crippen LogP contribution in [0.2, 0.25) is 0 Å². The number of ether oxygens (including phenoxy) is 4. The Morgan fingerprint density at radius 1 is 1.02 bits per heavy atom. The molecule has 3 aliphatic heterocycles. The van der Waals surface area contributed by atoms with Crippen LogP contribution in [0.4, 0.5) is 18.0 Å². The third-order valence-electron chi connectivity index (χ3n) is 8.37. The Bertz CT molecular complexity index is 1640. The van der Waals surface area contributed by atoms with Crippen molar-refractivity contribution < 1.29 is 41.7 Å². The standard InChI is InChI=1S/C32H33F3N4O7S.ClH/c1-21(32(33,34)35)37-19-39(27-23-7-3-2-6-22(23)18-47-26-9-5-4-8-24(26)27)38-11-10-25(40)29(28(38)30(37)41)45-20-46-31(42)44-17-14-36-12-15-43-16-13-36;/h2-11,21,27H,12-20H2,1H3;1H/t21-,27+;/m1./s1. The highest BCUT2D eigenvalue weighted by Crippen LogP contribution is 2.43. The number of carbonyl (C=O) groups excluding carboxylic acids is 2. The predicted octanol–water partition coefficient (Wildman–Crippen LogP) is 4.79. The zero-order valence-corrected chi connectivity index (χ0v) is 27.5. The van der Waals surface area contributed by atoms with E-state index in [4.69, 9.17) is 18.9 Å². The van der Waals surface area contributed by atoms with Crippen LogP contribution in [-0.4, -0.2) is 91.7 Å². The number of aromatic nitrogens is 1. The van der Waals surface area contributed by atoms with E-state index >= 15 is 0 Å². The van der Waals surface area contributed by atoms with E-state index in [1.165, 1.54) is 10.9 Å². The Morgan fingerprint density at radius 3 is 2.48 bits per heavy atom. The number of rotatable bonds is 8. The summed E-state index contributed by atoms with van der Waals surface area (Å²) >= 11 is 1.61. The summed E-state index contributed by atoms with van der Waals surface area (Å²) in [6.07, 6.45) is -4.47. The fourth-order valence-electron chi connectivity index (χ4n) is 5.84. The zero-order chi connectivity index (χ0) is 33.1. The van der Waals surface area contributed by atoms with Gasteiger partial charge in [0.2, 0.25) is 18.0 Å². The van der Waals surface area contributed by atoms with Gasteiger partial charge in [-0.3, -0.25) is 24.2 Å². The van der Waals surface area contributed by atoms with Crippen LogP contribution < -0.4 is 15.2 Å². The van der Waals surface area contributed by atoms with Gasteiger partial charge >= 0.3 is 12.3 Å². The highest BCUT2D eigenvalue weighted by molar-refractivity contribution is 7.98. The SMILES string of the molecule is C[C@@H](N1CN([C@H]2c3ccccc3CSc3ccccc32)n2ccc(=O)c(OCOC(=O)OCCN3CCOCC3)c2C1=O)C(F)(F)F.Cl. The number of hydrogen-bond acceptors (Lipinski definition) is 10. The third-order valence-corrected chi connectivity index (χ3v) is 9.51. The first-order valence-corrected chi connectivity index (χ1v) is 16.0. The minimum Gasteiger partial charge on any atom is -0.451 e. The molecule has 0 unspecified atom stereocenters. The van der Waals surface area contributed by atoms with Gasteiger partial charge in [-0.2, -0.15) is 13.2 Å². The summed E-state index contributed by atoms with van der Waals surface area (Å²) in [5.74, 6) is -0.978. The number of benzene rings is 2. The lowest BCUT2D eigenvalue weighted by Crippen LogP contribution is -2.60. The monoisotopic (exact) mass is 710 g/mol. The largest absolute Gasteiger partial charge is 0.511 e. The van der Waals surface area contributed by atoms with Gasteiger partial charge in [0.05, 0.1) is 19.3 Å². The summed E-state index contributed by atoms with van der Waals surface area (Å²) in [7, 11) is 0. The fraction of sp³-hybridized carbons (Fsp3) is 0.406. The lowest BCUT2D eigenvalue weighted by molar-refractivity contribution is -0.173. The molecule has 3 aliphatic rings. The van der Waals surface area contributed by atoms with Crippen molar-refractivity contribution in [2.24, 2.45) is 0 Å². The topological polar surface area (TPSA) is 103 Å². The summed E-state index contributed by atoms with van der Waals surface area (Å²) in [5, 5.41) is 1.62. The molecule has 1 saturated heterocycles. The number of pyridine rings is 1. The Kier molecular flexibility index (Phi) is 11.1. The van der Waals surface area contributed by atoms with Gasteiger partial charge < -0.3 is 23.8 Å². The third kappa shape index (κ3) is 7.38. The lowest BCUT2D eigenvalue weighted by atomic mass is 9.94. The number of carbonyl (C=O) groups is 2. The number of morpholine rings is 1. The number of amides is 1. The molecule has 1 fully saturated rings. The summed E-state index contributed by atoms with van der Waals surface area (Å²) < 4.78 is 64.9. The van der Waals surface area contributed by atoms with Gasteiger partial charge in [0.15, 0.2) is 5.69 Å². The summed E-state index contributed by atoms with van der Waals surface area (Å²) in [4.78, 5) is 42.9. The van der Waals surface area contributed by atoms with Crippen LogP contribution in [0.25, 0.3) is 0 Å². The molecule has 0 radical (unpaired) electrons. The number of nitrogens with zero attached hydrogens (tertiary/aromatic N) is 4. The second-order valence-corrected chi connectivity index (χ2v) is 12.2. The van der Waals surface area contributed by atoms with Crippen LogP contribution in [-0.2, 0) is 20.0 Å². The van der Waals surface area contributed by atoms with Gasteiger partial charge in [-0.25, -0.2) is 4.79 Å². The second-order valence-electron chi connectivity index (χ2n) is 11.2. The lowest BCUT2D eigenvalue weighted by Gasteiger charge is -2.46. The van der Waals surface area contributed by atoms with Crippen molar-refractivity contribution in [1.82, 2.24) is 14.5 Å². The first kappa shape index (κ1) is 35.4. The fourth-order valence-corrected chi connectivity index (χ4v) is 6.93. The van der Waals surface area contributed by atoms with E-state index in [2.05, 4.69) is 4.90 Å². The molecular weight excluding hydrogens is 677 g/mol. The minimum absolute atomic E-state index is 0. The first-order chi connectivity index (χ1) is 22.6. The Labute approximate surface area is 284 Å². The molecular formula is C32H34ClF3N4O7S. The van der Waals surface area contributed by atoms with Crippen molar-refractivity contribution >= 4 is 36.2 Å². The Morgan fingerprint density at radius 2 is 1.73 bits per heavy atom. The Hall–Kier alpha value is -3.92. The van der Waals surface area contributed by atoms with Crippen LogP contribution in [0, 0.1) is 0 Å². The quantitative estimate of drug-likeness (QED) is 0.240. The number of alkyl halides is 3. The smallest absolute Gasteiger partial charge is 0.451 e. The maximum atomic E-state index is 14.2. The summed E-state index contributed by atoms with van der Waals surface area (Å²) in [6, 6.07) is 13.5. The second kappa shape index (κ2) is 15.1. The molecule has 0 saturated carbocycles. The van der Waals surface area contributed by atoms with Crippen molar-refractivity contribution in [2.75, 3.05) is 57.9 Å². The molecule has 2 aromatic carbocycles. The molecule has 0 N–H and O–H groups in total. The molecule has 0 spiro atoms. The molecule has 48 heavy (non-hydrogen) atoms. The molecule has 3 aromatic rings. The summed E-state index contributed by atoms with van der Waals surface area (Å²) in [6.45, 7) is 2.74. The molecule has 6 rings (SSSR count). The number of halogens is 4. The van der Waals surface area contributed by atoms with E-state index in [0.29, 0.717) is 43.5 Å². The van der Waals surface area contributed by atoms with E-state index in [9.17, 15) is 27.6 Å². The average molecular weight is 711 g/mol. The predicted molar refractivity (Wildman–Crippen MR) is 172 cm³/mol.